The van der Waals surface area contributed by atoms with Crippen LogP contribution in [0.25, 0.3) is 11.4 Å². The molecule has 156 valence electrons. The quantitative estimate of drug-likeness (QED) is 0.525. The number of anilines is 1. The molecule has 5 rings (SSSR count). The third-order valence-electron chi connectivity index (χ3n) is 5.12. The van der Waals surface area contributed by atoms with Crippen molar-refractivity contribution in [1.82, 2.24) is 15.1 Å². The average Bonchev–Trinajstić information content (AvgIpc) is 3.43. The van der Waals surface area contributed by atoms with Crippen LogP contribution < -0.4 is 4.90 Å². The summed E-state index contributed by atoms with van der Waals surface area (Å²) in [6, 6.07) is 9.67. The van der Waals surface area contributed by atoms with Gasteiger partial charge in [-0.3, -0.25) is 14.6 Å². The van der Waals surface area contributed by atoms with Crippen LogP contribution in [0.1, 0.15) is 11.5 Å². The van der Waals surface area contributed by atoms with Gasteiger partial charge in [-0.2, -0.15) is 10.1 Å². The molecule has 1 saturated heterocycles. The monoisotopic (exact) mass is 484 g/mol. The molecule has 0 radical (unpaired) electrons. The van der Waals surface area contributed by atoms with Gasteiger partial charge in [0.25, 0.3) is 11.8 Å². The molecule has 3 heterocycles. The zero-order valence-electron chi connectivity index (χ0n) is 16.1. The minimum atomic E-state index is -0.996. The summed E-state index contributed by atoms with van der Waals surface area (Å²) in [5, 5.41) is 13.2. The second kappa shape index (κ2) is 7.34. The highest BCUT2D eigenvalue weighted by Crippen LogP contribution is 2.33. The van der Waals surface area contributed by atoms with E-state index in [1.807, 2.05) is 24.3 Å². The van der Waals surface area contributed by atoms with Crippen molar-refractivity contribution in [2.24, 2.45) is 10.3 Å². The number of halogens is 2. The summed E-state index contributed by atoms with van der Waals surface area (Å²) in [5.41, 5.74) is 1.34. The van der Waals surface area contributed by atoms with E-state index in [0.717, 1.165) is 21.0 Å². The summed E-state index contributed by atoms with van der Waals surface area (Å²) < 4.78 is 20.1. The molecule has 0 aliphatic carbocycles. The summed E-state index contributed by atoms with van der Waals surface area (Å²) in [6.07, 6.45) is 0. The lowest BCUT2D eigenvalue weighted by atomic mass is 10.1. The lowest BCUT2D eigenvalue weighted by Gasteiger charge is -2.19. The summed E-state index contributed by atoms with van der Waals surface area (Å²) in [4.78, 5) is 31.1. The molecule has 31 heavy (non-hydrogen) atoms. The number of amides is 2. The number of rotatable bonds is 4. The SMILES string of the molecule is Cc1ccc(N2C(=O)C3N=NN(Cc4nc(-c5cccc(Br)c5)no4)C3C2=O)cc1F. The highest BCUT2D eigenvalue weighted by molar-refractivity contribution is 9.10. The van der Waals surface area contributed by atoms with Crippen molar-refractivity contribution in [2.45, 2.75) is 25.6 Å². The average molecular weight is 485 g/mol. The Morgan fingerprint density at radius 2 is 2.00 bits per heavy atom. The lowest BCUT2D eigenvalue weighted by molar-refractivity contribution is -0.123. The fourth-order valence-corrected chi connectivity index (χ4v) is 3.93. The molecule has 1 fully saturated rings. The largest absolute Gasteiger partial charge is 0.337 e. The molecule has 0 bridgehead atoms. The van der Waals surface area contributed by atoms with Crippen LogP contribution >= 0.6 is 15.9 Å². The Bertz CT molecular complexity index is 1250. The third kappa shape index (κ3) is 3.30. The maximum Gasteiger partial charge on any atom is 0.263 e. The van der Waals surface area contributed by atoms with Gasteiger partial charge < -0.3 is 4.52 Å². The number of aryl methyl sites for hydroxylation is 1. The van der Waals surface area contributed by atoms with Gasteiger partial charge in [0.15, 0.2) is 12.1 Å². The van der Waals surface area contributed by atoms with E-state index < -0.39 is 29.7 Å². The van der Waals surface area contributed by atoms with Crippen LogP contribution in [0.4, 0.5) is 10.1 Å². The van der Waals surface area contributed by atoms with E-state index in [9.17, 15) is 14.0 Å². The van der Waals surface area contributed by atoms with E-state index in [2.05, 4.69) is 36.4 Å². The number of hydrogen-bond donors (Lipinski definition) is 0. The predicted molar refractivity (Wildman–Crippen MR) is 109 cm³/mol. The number of carbonyl (C=O) groups is 2. The summed E-state index contributed by atoms with van der Waals surface area (Å²) in [5.74, 6) is -0.983. The van der Waals surface area contributed by atoms with Crippen molar-refractivity contribution in [3.63, 3.8) is 0 Å². The molecule has 2 aliphatic heterocycles. The Balaban J connectivity index is 1.37. The highest BCUT2D eigenvalue weighted by atomic mass is 79.9. The first-order valence-corrected chi connectivity index (χ1v) is 10.1. The van der Waals surface area contributed by atoms with Crippen LogP contribution in [0.2, 0.25) is 0 Å². The first-order chi connectivity index (χ1) is 14.9. The number of hydrogen-bond acceptors (Lipinski definition) is 8. The van der Waals surface area contributed by atoms with Gasteiger partial charge in [-0.15, -0.1) is 0 Å². The molecular weight excluding hydrogens is 471 g/mol. The van der Waals surface area contributed by atoms with Crippen molar-refractivity contribution in [2.75, 3.05) is 4.90 Å². The maximum absolute atomic E-state index is 14.0. The maximum atomic E-state index is 14.0. The van der Waals surface area contributed by atoms with Gasteiger partial charge in [0.1, 0.15) is 12.4 Å². The molecule has 2 aliphatic rings. The number of carbonyl (C=O) groups excluding carboxylic acids is 2. The first-order valence-electron chi connectivity index (χ1n) is 9.32. The predicted octanol–water partition coefficient (Wildman–Crippen LogP) is 3.44. The number of imide groups is 1. The fourth-order valence-electron chi connectivity index (χ4n) is 3.53. The Labute approximate surface area is 183 Å². The van der Waals surface area contributed by atoms with Gasteiger partial charge in [-0.05, 0) is 36.8 Å². The lowest BCUT2D eigenvalue weighted by Crippen LogP contribution is -2.39. The van der Waals surface area contributed by atoms with Gasteiger partial charge in [-0.1, -0.05) is 44.5 Å². The molecular formula is C20H14BrFN6O3. The third-order valence-corrected chi connectivity index (χ3v) is 5.61. The van der Waals surface area contributed by atoms with Gasteiger partial charge >= 0.3 is 0 Å². The van der Waals surface area contributed by atoms with E-state index in [4.69, 9.17) is 4.52 Å². The molecule has 0 N–H and O–H groups in total. The van der Waals surface area contributed by atoms with E-state index in [-0.39, 0.29) is 18.1 Å². The summed E-state index contributed by atoms with van der Waals surface area (Å²) >= 11 is 3.39. The van der Waals surface area contributed by atoms with Crippen molar-refractivity contribution >= 4 is 33.4 Å². The topological polar surface area (TPSA) is 104 Å². The Morgan fingerprint density at radius 3 is 2.77 bits per heavy atom. The van der Waals surface area contributed by atoms with Crippen LogP contribution in [0.5, 0.6) is 0 Å². The van der Waals surface area contributed by atoms with Crippen LogP contribution in [0.3, 0.4) is 0 Å². The van der Waals surface area contributed by atoms with Crippen LogP contribution in [-0.4, -0.2) is 39.0 Å². The number of nitrogens with zero attached hydrogens (tertiary/aromatic N) is 6. The molecule has 9 nitrogen and oxygen atoms in total. The first kappa shape index (κ1) is 19.5. The van der Waals surface area contributed by atoms with Crippen molar-refractivity contribution < 1.29 is 18.5 Å². The van der Waals surface area contributed by atoms with Crippen LogP contribution in [0, 0.1) is 12.7 Å². The van der Waals surface area contributed by atoms with E-state index in [1.165, 1.54) is 17.1 Å². The smallest absolute Gasteiger partial charge is 0.263 e. The summed E-state index contributed by atoms with van der Waals surface area (Å²) in [6.45, 7) is 1.60. The van der Waals surface area contributed by atoms with Gasteiger partial charge in [-0.25, -0.2) is 9.29 Å². The Hall–Kier alpha value is -3.47. The Kier molecular flexibility index (Phi) is 4.62. The minimum Gasteiger partial charge on any atom is -0.337 e. The standard InChI is InChI=1S/C20H14BrFN6O3/c1-10-5-6-13(8-14(10)22)28-19(29)16-17(20(28)30)27(26-24-16)9-15-23-18(25-31-15)11-3-2-4-12(21)7-11/h2-8,16-17H,9H2,1H3. The number of benzene rings is 2. The van der Waals surface area contributed by atoms with E-state index in [0.29, 0.717) is 11.4 Å². The molecule has 2 unspecified atom stereocenters. The van der Waals surface area contributed by atoms with Gasteiger partial charge in [0.05, 0.1) is 5.69 Å². The second-order valence-electron chi connectivity index (χ2n) is 7.16. The highest BCUT2D eigenvalue weighted by Gasteiger charge is 2.55. The minimum absolute atomic E-state index is 0.000783. The number of aromatic nitrogens is 2. The molecule has 11 heteroatoms. The zero-order chi connectivity index (χ0) is 21.7. The fraction of sp³-hybridized carbons (Fsp3) is 0.200. The molecule has 2 amide bonds. The molecule has 2 atom stereocenters. The number of fused-ring (bicyclic) bond motifs is 1. The normalized spacial score (nSPS) is 20.1. The van der Waals surface area contributed by atoms with Crippen LogP contribution in [-0.2, 0) is 16.1 Å². The van der Waals surface area contributed by atoms with Crippen LogP contribution in [0.15, 0.2) is 61.8 Å². The van der Waals surface area contributed by atoms with Crippen molar-refractivity contribution in [3.8, 4) is 11.4 Å². The zero-order valence-corrected chi connectivity index (χ0v) is 17.7. The molecule has 0 saturated carbocycles. The molecule has 3 aromatic rings. The van der Waals surface area contributed by atoms with Gasteiger partial charge in [0, 0.05) is 10.0 Å². The second-order valence-corrected chi connectivity index (χ2v) is 8.08. The van der Waals surface area contributed by atoms with E-state index in [1.54, 1.807) is 6.92 Å². The van der Waals surface area contributed by atoms with Crippen molar-refractivity contribution in [1.29, 1.82) is 0 Å². The van der Waals surface area contributed by atoms with Gasteiger partial charge in [0.2, 0.25) is 11.7 Å². The summed E-state index contributed by atoms with van der Waals surface area (Å²) in [7, 11) is 0. The van der Waals surface area contributed by atoms with E-state index >= 15 is 0 Å². The molecule has 0 spiro atoms. The molecule has 1 aromatic heterocycles. The van der Waals surface area contributed by atoms with Crippen molar-refractivity contribution in [3.05, 3.63) is 64.2 Å². The Morgan fingerprint density at radius 1 is 1.16 bits per heavy atom. The molecule has 2 aromatic carbocycles.